The molecule has 4 N–H and O–H groups in total. The molecular weight excluding hydrogens is 322 g/mol. The summed E-state index contributed by atoms with van der Waals surface area (Å²) in [6.45, 7) is 0. The molecule has 2 rings (SSSR count). The Morgan fingerprint density at radius 3 is 2.89 bits per heavy atom. The normalized spacial score (nSPS) is 10.4. The van der Waals surface area contributed by atoms with Crippen molar-refractivity contribution in [2.24, 2.45) is 0 Å². The summed E-state index contributed by atoms with van der Waals surface area (Å²) < 4.78 is 1.74. The maximum absolute atomic E-state index is 9.98. The highest BCUT2D eigenvalue weighted by Crippen LogP contribution is 2.28. The van der Waals surface area contributed by atoms with Gasteiger partial charge in [0.05, 0.1) is 23.8 Å². The Balaban J connectivity index is 2.33. The van der Waals surface area contributed by atoms with E-state index in [0.717, 1.165) is 4.68 Å². The average molecular weight is 331 g/mol. The Morgan fingerprint density at radius 1 is 1.56 bits per heavy atom. The highest BCUT2D eigenvalue weighted by molar-refractivity contribution is 9.10. The minimum absolute atomic E-state index is 0.269. The van der Waals surface area contributed by atoms with Crippen LogP contribution >= 0.6 is 27.5 Å². The van der Waals surface area contributed by atoms with Gasteiger partial charge in [0, 0.05) is 9.50 Å². The van der Waals surface area contributed by atoms with Gasteiger partial charge in [0.1, 0.15) is 0 Å². The maximum Gasteiger partial charge on any atom is 0.248 e. The van der Waals surface area contributed by atoms with Crippen molar-refractivity contribution in [3.8, 4) is 0 Å². The molecule has 8 heteroatoms. The predicted molar refractivity (Wildman–Crippen MR) is 73.2 cm³/mol. The van der Waals surface area contributed by atoms with Gasteiger partial charge in [-0.25, -0.2) is 4.68 Å². The van der Waals surface area contributed by atoms with Crippen LogP contribution in [0.3, 0.4) is 0 Å². The smallest absolute Gasteiger partial charge is 0.248 e. The highest BCUT2D eigenvalue weighted by Gasteiger charge is 2.15. The highest BCUT2D eigenvalue weighted by atomic mass is 79.9. The molecule has 1 aromatic carbocycles. The molecule has 94 valence electrons. The summed E-state index contributed by atoms with van der Waals surface area (Å²) in [5.74, 6) is -0.269. The summed E-state index contributed by atoms with van der Waals surface area (Å²) in [6.07, 6.45) is 2.80. The lowest BCUT2D eigenvalue weighted by Gasteiger charge is -2.18. The Labute approximate surface area is 116 Å². The molecule has 1 aromatic heterocycles. The first-order valence-corrected chi connectivity index (χ1v) is 5.99. The average Bonchev–Trinajstić information content (AvgIpc) is 2.77. The van der Waals surface area contributed by atoms with E-state index in [1.807, 2.05) is 0 Å². The van der Waals surface area contributed by atoms with E-state index in [0.29, 0.717) is 25.9 Å². The number of halogens is 2. The zero-order chi connectivity index (χ0) is 13.3. The van der Waals surface area contributed by atoms with Gasteiger partial charge >= 0.3 is 0 Å². The predicted octanol–water partition coefficient (Wildman–Crippen LogP) is 2.56. The van der Waals surface area contributed by atoms with Crippen molar-refractivity contribution in [2.45, 2.75) is 0 Å². The number of hydrogen-bond donors (Lipinski definition) is 3. The van der Waals surface area contributed by atoms with E-state index in [1.165, 1.54) is 18.5 Å². The van der Waals surface area contributed by atoms with Gasteiger partial charge in [0.15, 0.2) is 0 Å². The Hall–Kier alpha value is -1.57. The molecule has 6 nitrogen and oxygen atoms in total. The molecule has 0 saturated heterocycles. The topological polar surface area (TPSA) is 91.2 Å². The van der Waals surface area contributed by atoms with Gasteiger partial charge in [-0.2, -0.15) is 10.2 Å². The van der Waals surface area contributed by atoms with E-state index in [9.17, 15) is 5.21 Å². The van der Waals surface area contributed by atoms with Crippen LogP contribution in [0.5, 0.6) is 0 Å². The van der Waals surface area contributed by atoms with Crippen LogP contribution in [0.25, 0.3) is 0 Å². The van der Waals surface area contributed by atoms with Crippen molar-refractivity contribution in [2.75, 3.05) is 10.8 Å². The maximum atomic E-state index is 9.98. The zero-order valence-corrected chi connectivity index (χ0v) is 11.4. The number of nitrogens with zero attached hydrogens (tertiary/aromatic N) is 3. The van der Waals surface area contributed by atoms with Crippen LogP contribution in [0.2, 0.25) is 5.02 Å². The molecule has 0 unspecified atom stereocenters. The fourth-order valence-corrected chi connectivity index (χ4v) is 1.89. The number of hydrogen-bond acceptors (Lipinski definition) is 4. The van der Waals surface area contributed by atoms with Gasteiger partial charge in [0.2, 0.25) is 5.96 Å². The number of benzene rings is 1. The van der Waals surface area contributed by atoms with E-state index in [1.54, 1.807) is 12.1 Å². The van der Waals surface area contributed by atoms with Crippen LogP contribution in [0, 0.1) is 5.41 Å². The van der Waals surface area contributed by atoms with E-state index in [2.05, 4.69) is 21.0 Å². The first-order valence-electron chi connectivity index (χ1n) is 4.82. The van der Waals surface area contributed by atoms with Gasteiger partial charge in [-0.05, 0) is 34.1 Å². The van der Waals surface area contributed by atoms with Crippen LogP contribution in [-0.2, 0) is 0 Å². The molecule has 0 radical (unpaired) electrons. The van der Waals surface area contributed by atoms with Crippen LogP contribution in [0.4, 0.5) is 11.4 Å². The number of nitrogens with two attached hydrogens (primary N) is 1. The van der Waals surface area contributed by atoms with Crippen molar-refractivity contribution in [1.82, 2.24) is 9.78 Å². The van der Waals surface area contributed by atoms with Crippen LogP contribution < -0.4 is 10.8 Å². The van der Waals surface area contributed by atoms with Crippen molar-refractivity contribution >= 4 is 44.9 Å². The fourth-order valence-electron chi connectivity index (χ4n) is 1.31. The molecule has 2 aromatic rings. The molecule has 0 saturated carbocycles. The summed E-state index contributed by atoms with van der Waals surface area (Å²) in [4.78, 5) is 0. The molecule has 0 aliphatic carbocycles. The molecular formula is C10H9BrClN5O. The van der Waals surface area contributed by atoms with Crippen molar-refractivity contribution in [3.63, 3.8) is 0 Å². The molecule has 0 atom stereocenters. The lowest BCUT2D eigenvalue weighted by molar-refractivity contribution is 0.305. The standard InChI is InChI=1S/C10H9BrClN5O/c11-8-2-1-6(12)3-9(8)17(18)10(14)16-5-7(13)4-15-16/h1-5,14,18H,13H2. The van der Waals surface area contributed by atoms with Gasteiger partial charge in [-0.3, -0.25) is 10.6 Å². The first kappa shape index (κ1) is 12.9. The second-order valence-corrected chi connectivity index (χ2v) is 4.74. The minimum atomic E-state index is -0.269. The fraction of sp³-hybridized carbons (Fsp3) is 0. The molecule has 0 spiro atoms. The lowest BCUT2D eigenvalue weighted by Crippen LogP contribution is -2.32. The number of rotatable bonds is 1. The van der Waals surface area contributed by atoms with Gasteiger partial charge in [0.25, 0.3) is 0 Å². The summed E-state index contributed by atoms with van der Waals surface area (Å²) >= 11 is 9.11. The monoisotopic (exact) mass is 329 g/mol. The van der Waals surface area contributed by atoms with Crippen molar-refractivity contribution < 1.29 is 5.21 Å². The lowest BCUT2D eigenvalue weighted by atomic mass is 10.3. The summed E-state index contributed by atoms with van der Waals surface area (Å²) in [5, 5.41) is 22.7. The second kappa shape index (κ2) is 4.97. The third-order valence-corrected chi connectivity index (χ3v) is 3.06. The van der Waals surface area contributed by atoms with E-state index < -0.39 is 0 Å². The van der Waals surface area contributed by atoms with Crippen molar-refractivity contribution in [1.29, 1.82) is 5.41 Å². The summed E-state index contributed by atoms with van der Waals surface area (Å²) in [5.41, 5.74) is 6.23. The van der Waals surface area contributed by atoms with E-state index in [-0.39, 0.29) is 5.96 Å². The largest absolute Gasteiger partial charge is 0.396 e. The van der Waals surface area contributed by atoms with E-state index in [4.69, 9.17) is 22.7 Å². The van der Waals surface area contributed by atoms with Crippen LogP contribution in [0.1, 0.15) is 0 Å². The Bertz CT molecular complexity index is 600. The number of nitrogen functional groups attached to an aromatic ring is 1. The Kier molecular flexibility index (Phi) is 3.55. The minimum Gasteiger partial charge on any atom is -0.396 e. The number of nitrogens with one attached hydrogen (secondary N) is 1. The quantitative estimate of drug-likeness (QED) is 0.426. The third kappa shape index (κ3) is 2.47. The molecule has 18 heavy (non-hydrogen) atoms. The summed E-state index contributed by atoms with van der Waals surface area (Å²) in [7, 11) is 0. The molecule has 0 aliphatic heterocycles. The SMILES string of the molecule is N=C(N(O)c1cc(Cl)ccc1Br)n1cc(N)cn1. The van der Waals surface area contributed by atoms with Crippen LogP contribution in [0.15, 0.2) is 35.1 Å². The molecule has 0 fully saturated rings. The number of aromatic nitrogens is 2. The van der Waals surface area contributed by atoms with Crippen molar-refractivity contribution in [3.05, 3.63) is 40.1 Å². The molecule has 0 aliphatic rings. The molecule has 0 amide bonds. The number of anilines is 2. The first-order chi connectivity index (χ1) is 8.49. The third-order valence-electron chi connectivity index (χ3n) is 2.16. The van der Waals surface area contributed by atoms with Crippen LogP contribution in [-0.4, -0.2) is 20.9 Å². The van der Waals surface area contributed by atoms with Gasteiger partial charge in [-0.1, -0.05) is 11.6 Å². The number of hydroxylamine groups is 1. The Morgan fingerprint density at radius 2 is 2.28 bits per heavy atom. The molecule has 0 bridgehead atoms. The van der Waals surface area contributed by atoms with Gasteiger partial charge < -0.3 is 5.73 Å². The summed E-state index contributed by atoms with van der Waals surface area (Å²) in [6, 6.07) is 4.86. The van der Waals surface area contributed by atoms with E-state index >= 15 is 0 Å². The zero-order valence-electron chi connectivity index (χ0n) is 9.01. The molecule has 1 heterocycles. The second-order valence-electron chi connectivity index (χ2n) is 3.45. The van der Waals surface area contributed by atoms with Gasteiger partial charge in [-0.15, -0.1) is 0 Å².